The molecule has 1 aliphatic carbocycles. The number of urea groups is 1. The van der Waals surface area contributed by atoms with Gasteiger partial charge in [0.25, 0.3) is 0 Å². The van der Waals surface area contributed by atoms with Crippen molar-refractivity contribution in [1.29, 1.82) is 0 Å². The second kappa shape index (κ2) is 7.62. The summed E-state index contributed by atoms with van der Waals surface area (Å²) in [7, 11) is 0. The largest absolute Gasteiger partial charge is 0.433 e. The van der Waals surface area contributed by atoms with Gasteiger partial charge in [-0.1, -0.05) is 24.6 Å². The number of imide groups is 1. The van der Waals surface area contributed by atoms with Crippen molar-refractivity contribution in [2.45, 2.75) is 43.1 Å². The Balaban J connectivity index is 1.78. The van der Waals surface area contributed by atoms with Crippen LogP contribution in [0.2, 0.25) is 0 Å². The minimum absolute atomic E-state index is 0.0715. The second-order valence-electron chi connectivity index (χ2n) is 5.01. The molecule has 1 fully saturated rings. The fourth-order valence-corrected chi connectivity index (χ4v) is 2.78. The lowest BCUT2D eigenvalue weighted by atomic mass is 10.2. The van der Waals surface area contributed by atoms with Crippen LogP contribution in [-0.4, -0.2) is 33.7 Å². The van der Waals surface area contributed by atoms with Crippen LogP contribution in [0.25, 0.3) is 0 Å². The van der Waals surface area contributed by atoms with E-state index < -0.39 is 23.8 Å². The third-order valence-corrected chi connectivity index (χ3v) is 4.06. The summed E-state index contributed by atoms with van der Waals surface area (Å²) in [6.45, 7) is 0. The van der Waals surface area contributed by atoms with Crippen LogP contribution in [0.4, 0.5) is 18.0 Å². The summed E-state index contributed by atoms with van der Waals surface area (Å²) in [6.07, 6.45) is 0.261. The first-order valence-corrected chi connectivity index (χ1v) is 7.96. The number of rotatable bonds is 4. The summed E-state index contributed by atoms with van der Waals surface area (Å²) in [5.41, 5.74) is -1.07. The molecule has 2 N–H and O–H groups in total. The first-order chi connectivity index (χ1) is 10.8. The summed E-state index contributed by atoms with van der Waals surface area (Å²) in [5, 5.41) is 4.64. The molecule has 0 aliphatic heterocycles. The van der Waals surface area contributed by atoms with Gasteiger partial charge in [-0.3, -0.25) is 10.1 Å². The van der Waals surface area contributed by atoms with Crippen molar-refractivity contribution in [1.82, 2.24) is 20.6 Å². The summed E-state index contributed by atoms with van der Waals surface area (Å²) in [4.78, 5) is 30.2. The molecule has 0 spiro atoms. The van der Waals surface area contributed by atoms with Gasteiger partial charge in [-0.2, -0.15) is 13.2 Å². The van der Waals surface area contributed by atoms with Gasteiger partial charge in [-0.15, -0.1) is 0 Å². The first-order valence-electron chi connectivity index (χ1n) is 6.98. The molecule has 0 unspecified atom stereocenters. The Labute approximate surface area is 134 Å². The zero-order chi connectivity index (χ0) is 16.9. The number of halogens is 3. The number of nitrogens with one attached hydrogen (secondary N) is 2. The Hall–Kier alpha value is -1.84. The van der Waals surface area contributed by atoms with E-state index in [1.165, 1.54) is 0 Å². The number of hydrogen-bond acceptors (Lipinski definition) is 5. The van der Waals surface area contributed by atoms with Gasteiger partial charge >= 0.3 is 12.2 Å². The predicted octanol–water partition coefficient (Wildman–Crippen LogP) is 2.36. The number of hydrogen-bond donors (Lipinski definition) is 2. The van der Waals surface area contributed by atoms with Crippen LogP contribution in [0.15, 0.2) is 17.4 Å². The molecule has 1 aliphatic rings. The Kier molecular flexibility index (Phi) is 5.80. The molecule has 0 bridgehead atoms. The monoisotopic (exact) mass is 348 g/mol. The van der Waals surface area contributed by atoms with Gasteiger partial charge in [-0.25, -0.2) is 14.8 Å². The standard InChI is InChI=1S/C13H15F3N4O2S/c14-13(15,16)9-5-6-17-12(19-9)23-7-10(21)20-11(22)18-8-3-1-2-4-8/h5-6,8H,1-4,7H2,(H2,18,20,21,22). The number of carbonyl (C=O) groups excluding carboxylic acids is 2. The highest BCUT2D eigenvalue weighted by Crippen LogP contribution is 2.28. The number of amides is 3. The highest BCUT2D eigenvalue weighted by molar-refractivity contribution is 7.99. The minimum Gasteiger partial charge on any atom is -0.335 e. The summed E-state index contributed by atoms with van der Waals surface area (Å²) >= 11 is 0.729. The lowest BCUT2D eigenvalue weighted by molar-refractivity contribution is -0.141. The second-order valence-corrected chi connectivity index (χ2v) is 5.96. The Morgan fingerprint density at radius 3 is 2.65 bits per heavy atom. The molecule has 3 amide bonds. The van der Waals surface area contributed by atoms with Crippen LogP contribution in [0, 0.1) is 0 Å². The molecule has 1 heterocycles. The minimum atomic E-state index is -4.57. The molecule has 0 aromatic carbocycles. The van der Waals surface area contributed by atoms with Crippen LogP contribution >= 0.6 is 11.8 Å². The molecule has 23 heavy (non-hydrogen) atoms. The van der Waals surface area contributed by atoms with Gasteiger partial charge in [0.15, 0.2) is 5.16 Å². The SMILES string of the molecule is O=C(CSc1nccc(C(F)(F)F)n1)NC(=O)NC1CCCC1. The zero-order valence-corrected chi connectivity index (χ0v) is 12.8. The fraction of sp³-hybridized carbons (Fsp3) is 0.538. The lowest BCUT2D eigenvalue weighted by Crippen LogP contribution is -2.44. The molecular weight excluding hydrogens is 333 g/mol. The maximum atomic E-state index is 12.5. The van der Waals surface area contributed by atoms with Crippen LogP contribution in [0.5, 0.6) is 0 Å². The maximum absolute atomic E-state index is 12.5. The Morgan fingerprint density at radius 1 is 1.30 bits per heavy atom. The van der Waals surface area contributed by atoms with Crippen LogP contribution in [0.1, 0.15) is 31.4 Å². The van der Waals surface area contributed by atoms with Crippen molar-refractivity contribution in [3.05, 3.63) is 18.0 Å². The average Bonchev–Trinajstić information content (AvgIpc) is 2.97. The molecule has 10 heteroatoms. The van der Waals surface area contributed by atoms with E-state index in [-0.39, 0.29) is 17.0 Å². The van der Waals surface area contributed by atoms with Crippen LogP contribution in [-0.2, 0) is 11.0 Å². The topological polar surface area (TPSA) is 84.0 Å². The number of alkyl halides is 3. The summed E-state index contributed by atoms with van der Waals surface area (Å²) < 4.78 is 37.5. The van der Waals surface area contributed by atoms with Crippen LogP contribution < -0.4 is 10.6 Å². The first kappa shape index (κ1) is 17.5. The van der Waals surface area contributed by atoms with Gasteiger partial charge in [0.2, 0.25) is 5.91 Å². The highest BCUT2D eigenvalue weighted by atomic mass is 32.2. The van der Waals surface area contributed by atoms with Gasteiger partial charge < -0.3 is 5.32 Å². The molecule has 0 atom stereocenters. The van der Waals surface area contributed by atoms with Gasteiger partial charge in [0, 0.05) is 12.2 Å². The Morgan fingerprint density at radius 2 is 2.00 bits per heavy atom. The van der Waals surface area contributed by atoms with Gasteiger partial charge in [0.05, 0.1) is 5.75 Å². The van der Waals surface area contributed by atoms with Crippen LogP contribution in [0.3, 0.4) is 0 Å². The fourth-order valence-electron chi connectivity index (χ4n) is 2.15. The van der Waals surface area contributed by atoms with E-state index in [2.05, 4.69) is 20.6 Å². The van der Waals surface area contributed by atoms with E-state index in [1.807, 2.05) is 0 Å². The molecular formula is C13H15F3N4O2S. The van der Waals surface area contributed by atoms with Gasteiger partial charge in [-0.05, 0) is 18.9 Å². The molecule has 0 radical (unpaired) electrons. The van der Waals surface area contributed by atoms with E-state index in [9.17, 15) is 22.8 Å². The third kappa shape index (κ3) is 5.70. The number of aromatic nitrogens is 2. The number of nitrogens with zero attached hydrogens (tertiary/aromatic N) is 2. The number of carbonyl (C=O) groups is 2. The van der Waals surface area contributed by atoms with Crippen molar-refractivity contribution in [2.75, 3.05) is 5.75 Å². The van der Waals surface area contributed by atoms with E-state index in [1.54, 1.807) is 0 Å². The van der Waals surface area contributed by atoms with E-state index in [0.29, 0.717) is 0 Å². The molecule has 6 nitrogen and oxygen atoms in total. The van der Waals surface area contributed by atoms with Gasteiger partial charge in [0.1, 0.15) is 5.69 Å². The quantitative estimate of drug-likeness (QED) is 0.645. The van der Waals surface area contributed by atoms with Crippen molar-refractivity contribution >= 4 is 23.7 Å². The van der Waals surface area contributed by atoms with Crippen molar-refractivity contribution < 1.29 is 22.8 Å². The van der Waals surface area contributed by atoms with Crippen molar-refractivity contribution in [3.63, 3.8) is 0 Å². The van der Waals surface area contributed by atoms with Crippen molar-refractivity contribution in [3.8, 4) is 0 Å². The third-order valence-electron chi connectivity index (χ3n) is 3.20. The average molecular weight is 348 g/mol. The number of thioether (sulfide) groups is 1. The van der Waals surface area contributed by atoms with Crippen molar-refractivity contribution in [2.24, 2.45) is 0 Å². The van der Waals surface area contributed by atoms with E-state index in [4.69, 9.17) is 0 Å². The zero-order valence-electron chi connectivity index (χ0n) is 12.0. The molecule has 126 valence electrons. The highest BCUT2D eigenvalue weighted by Gasteiger charge is 2.32. The van der Waals surface area contributed by atoms with E-state index >= 15 is 0 Å². The molecule has 1 aromatic rings. The predicted molar refractivity (Wildman–Crippen MR) is 76.7 cm³/mol. The summed E-state index contributed by atoms with van der Waals surface area (Å²) in [6, 6.07) is 0.230. The summed E-state index contributed by atoms with van der Waals surface area (Å²) in [5.74, 6) is -0.870. The Bertz CT molecular complexity index is 577. The normalized spacial score (nSPS) is 15.4. The molecule has 0 saturated heterocycles. The molecule has 1 aromatic heterocycles. The molecule has 1 saturated carbocycles. The maximum Gasteiger partial charge on any atom is 0.433 e. The van der Waals surface area contributed by atoms with E-state index in [0.717, 1.165) is 49.7 Å². The smallest absolute Gasteiger partial charge is 0.335 e. The molecule has 2 rings (SSSR count). The lowest BCUT2D eigenvalue weighted by Gasteiger charge is -2.12.